The molecule has 0 bridgehead atoms. The van der Waals surface area contributed by atoms with E-state index in [1.807, 2.05) is 13.0 Å². The van der Waals surface area contributed by atoms with Gasteiger partial charge in [0.15, 0.2) is 0 Å². The van der Waals surface area contributed by atoms with Crippen LogP contribution in [0.1, 0.15) is 30.0 Å². The van der Waals surface area contributed by atoms with Gasteiger partial charge in [0.1, 0.15) is 5.82 Å². The number of hydrogen-bond acceptors (Lipinski definition) is 2. The van der Waals surface area contributed by atoms with Gasteiger partial charge in [-0.1, -0.05) is 17.7 Å². The number of aryl methyl sites for hydroxylation is 1. The number of benzene rings is 1. The van der Waals surface area contributed by atoms with Gasteiger partial charge in [0.2, 0.25) is 0 Å². The van der Waals surface area contributed by atoms with Crippen molar-refractivity contribution >= 4 is 11.6 Å². The highest BCUT2D eigenvalue weighted by Gasteiger charge is 2.39. The molecule has 1 saturated carbocycles. The quantitative estimate of drug-likeness (QED) is 0.916. The van der Waals surface area contributed by atoms with Crippen molar-refractivity contribution in [3.63, 3.8) is 0 Å². The molecule has 0 aromatic heterocycles. The first-order valence-corrected chi connectivity index (χ1v) is 7.45. The Hall–Kier alpha value is -0.640. The van der Waals surface area contributed by atoms with Crippen LogP contribution < -0.4 is 5.32 Å². The molecule has 104 valence electrons. The summed E-state index contributed by atoms with van der Waals surface area (Å²) in [6.45, 7) is 5.73. The minimum atomic E-state index is -0.108. The largest absolute Gasteiger partial charge is 0.314 e. The molecule has 1 aromatic carbocycles. The Labute approximate surface area is 118 Å². The first kappa shape index (κ1) is 13.3. The highest BCUT2D eigenvalue weighted by Crippen LogP contribution is 2.47. The third kappa shape index (κ3) is 2.64. The maximum atomic E-state index is 14.5. The molecule has 4 heteroatoms. The zero-order valence-electron chi connectivity index (χ0n) is 11.3. The summed E-state index contributed by atoms with van der Waals surface area (Å²) in [5.74, 6) is 0.467. The minimum Gasteiger partial charge on any atom is -0.314 e. The van der Waals surface area contributed by atoms with Crippen molar-refractivity contribution < 1.29 is 4.39 Å². The molecule has 2 fully saturated rings. The highest BCUT2D eigenvalue weighted by molar-refractivity contribution is 6.31. The minimum absolute atomic E-state index is 0.108. The molecule has 0 unspecified atom stereocenters. The maximum absolute atomic E-state index is 14.5. The molecule has 1 heterocycles. The van der Waals surface area contributed by atoms with Gasteiger partial charge in [-0.15, -0.1) is 0 Å². The standard InChI is InChI=1S/C15H20ClFN2/c1-10-2-5-12(16)13(14(10)17)15(11-3-4-11)19-8-6-18-7-9-19/h2,5,11,15,18H,3-4,6-9H2,1H3/t15-/m0/s1. The van der Waals surface area contributed by atoms with Crippen LogP contribution in [0.2, 0.25) is 5.02 Å². The van der Waals surface area contributed by atoms with Gasteiger partial charge in [0.25, 0.3) is 0 Å². The van der Waals surface area contributed by atoms with E-state index in [1.54, 1.807) is 6.07 Å². The molecule has 3 rings (SSSR count). The van der Waals surface area contributed by atoms with E-state index < -0.39 is 0 Å². The molecule has 0 radical (unpaired) electrons. The third-order valence-corrected chi connectivity index (χ3v) is 4.56. The van der Waals surface area contributed by atoms with E-state index in [-0.39, 0.29) is 11.9 Å². The predicted molar refractivity (Wildman–Crippen MR) is 76.1 cm³/mol. The Bertz CT molecular complexity index is 467. The van der Waals surface area contributed by atoms with Gasteiger partial charge < -0.3 is 5.32 Å². The van der Waals surface area contributed by atoms with Crippen molar-refractivity contribution in [3.05, 3.63) is 34.1 Å². The molecule has 1 N–H and O–H groups in total. The van der Waals surface area contributed by atoms with Gasteiger partial charge in [-0.2, -0.15) is 0 Å². The van der Waals surface area contributed by atoms with Crippen LogP contribution in [0.15, 0.2) is 12.1 Å². The Morgan fingerprint density at radius 3 is 2.63 bits per heavy atom. The van der Waals surface area contributed by atoms with E-state index in [4.69, 9.17) is 11.6 Å². The Kier molecular flexibility index (Phi) is 3.79. The molecule has 2 aliphatic rings. The topological polar surface area (TPSA) is 15.3 Å². The molecular weight excluding hydrogens is 263 g/mol. The van der Waals surface area contributed by atoms with Gasteiger partial charge in [0, 0.05) is 42.8 Å². The zero-order chi connectivity index (χ0) is 13.4. The van der Waals surface area contributed by atoms with E-state index >= 15 is 0 Å². The molecule has 1 saturated heterocycles. The lowest BCUT2D eigenvalue weighted by molar-refractivity contribution is 0.153. The van der Waals surface area contributed by atoms with Crippen LogP contribution in [0.5, 0.6) is 0 Å². The van der Waals surface area contributed by atoms with Crippen LogP contribution in [0.4, 0.5) is 4.39 Å². The van der Waals surface area contributed by atoms with E-state index in [9.17, 15) is 4.39 Å². The van der Waals surface area contributed by atoms with Crippen LogP contribution in [-0.2, 0) is 0 Å². The van der Waals surface area contributed by atoms with Crippen molar-refractivity contribution in [2.24, 2.45) is 5.92 Å². The summed E-state index contributed by atoms with van der Waals surface area (Å²) in [5, 5.41) is 3.93. The second-order valence-corrected chi connectivity index (χ2v) is 6.07. The van der Waals surface area contributed by atoms with Crippen LogP contribution >= 0.6 is 11.6 Å². The average molecular weight is 283 g/mol. The summed E-state index contributed by atoms with van der Waals surface area (Å²) in [7, 11) is 0. The Balaban J connectivity index is 1.97. The van der Waals surface area contributed by atoms with Crippen molar-refractivity contribution in [3.8, 4) is 0 Å². The number of rotatable bonds is 3. The van der Waals surface area contributed by atoms with Crippen LogP contribution in [0.3, 0.4) is 0 Å². The summed E-state index contributed by atoms with van der Waals surface area (Å²) in [6, 6.07) is 3.77. The van der Waals surface area contributed by atoms with Crippen LogP contribution in [-0.4, -0.2) is 31.1 Å². The van der Waals surface area contributed by atoms with E-state index in [1.165, 1.54) is 12.8 Å². The fourth-order valence-electron chi connectivity index (χ4n) is 3.04. The maximum Gasteiger partial charge on any atom is 0.132 e. The zero-order valence-corrected chi connectivity index (χ0v) is 12.0. The fourth-order valence-corrected chi connectivity index (χ4v) is 3.30. The first-order valence-electron chi connectivity index (χ1n) is 7.07. The SMILES string of the molecule is Cc1ccc(Cl)c([C@H](C2CC2)N2CCNCC2)c1F. The number of nitrogens with zero attached hydrogens (tertiary/aromatic N) is 1. The van der Waals surface area contributed by atoms with Gasteiger partial charge in [-0.05, 0) is 37.3 Å². The molecular formula is C15H20ClFN2. The number of piperazine rings is 1. The van der Waals surface area contributed by atoms with Crippen molar-refractivity contribution in [2.45, 2.75) is 25.8 Å². The fraction of sp³-hybridized carbons (Fsp3) is 0.600. The molecule has 1 aliphatic heterocycles. The second kappa shape index (κ2) is 5.39. The average Bonchev–Trinajstić information content (AvgIpc) is 3.24. The normalized spacial score (nSPS) is 22.5. The smallest absolute Gasteiger partial charge is 0.132 e. The van der Waals surface area contributed by atoms with Crippen LogP contribution in [0.25, 0.3) is 0 Å². The first-order chi connectivity index (χ1) is 9.18. The molecule has 2 nitrogen and oxygen atoms in total. The summed E-state index contributed by atoms with van der Waals surface area (Å²) in [4.78, 5) is 2.40. The summed E-state index contributed by atoms with van der Waals surface area (Å²) in [5.41, 5.74) is 1.42. The molecule has 1 aromatic rings. The van der Waals surface area contributed by atoms with Gasteiger partial charge in [-0.3, -0.25) is 4.90 Å². The van der Waals surface area contributed by atoms with Gasteiger partial charge in [-0.25, -0.2) is 4.39 Å². The molecule has 19 heavy (non-hydrogen) atoms. The third-order valence-electron chi connectivity index (χ3n) is 4.23. The lowest BCUT2D eigenvalue weighted by Crippen LogP contribution is -2.46. The lowest BCUT2D eigenvalue weighted by atomic mass is 9.97. The Morgan fingerprint density at radius 2 is 2.00 bits per heavy atom. The second-order valence-electron chi connectivity index (χ2n) is 5.66. The van der Waals surface area contributed by atoms with Crippen LogP contribution in [0, 0.1) is 18.7 Å². The van der Waals surface area contributed by atoms with Crippen molar-refractivity contribution in [2.75, 3.05) is 26.2 Å². The molecule has 1 atom stereocenters. The lowest BCUT2D eigenvalue weighted by Gasteiger charge is -2.36. The summed E-state index contributed by atoms with van der Waals surface area (Å²) >= 11 is 6.31. The van der Waals surface area contributed by atoms with E-state index in [0.717, 1.165) is 31.7 Å². The summed E-state index contributed by atoms with van der Waals surface area (Å²) < 4.78 is 14.5. The monoisotopic (exact) mass is 282 g/mol. The predicted octanol–water partition coefficient (Wildman–Crippen LogP) is 3.14. The van der Waals surface area contributed by atoms with E-state index in [2.05, 4.69) is 10.2 Å². The summed E-state index contributed by atoms with van der Waals surface area (Å²) in [6.07, 6.45) is 2.39. The molecule has 1 aliphatic carbocycles. The van der Waals surface area contributed by atoms with Gasteiger partial charge in [0.05, 0.1) is 0 Å². The highest BCUT2D eigenvalue weighted by atomic mass is 35.5. The number of halogens is 2. The number of nitrogens with one attached hydrogen (secondary N) is 1. The van der Waals surface area contributed by atoms with E-state index in [0.29, 0.717) is 16.5 Å². The van der Waals surface area contributed by atoms with Gasteiger partial charge >= 0.3 is 0 Å². The number of hydrogen-bond donors (Lipinski definition) is 1. The molecule has 0 amide bonds. The molecule has 0 spiro atoms. The van der Waals surface area contributed by atoms with Crippen molar-refractivity contribution in [1.82, 2.24) is 10.2 Å². The Morgan fingerprint density at radius 1 is 1.32 bits per heavy atom. The van der Waals surface area contributed by atoms with Crippen molar-refractivity contribution in [1.29, 1.82) is 0 Å².